The summed E-state index contributed by atoms with van der Waals surface area (Å²) in [6.07, 6.45) is 6.70. The molecule has 3 N–H and O–H groups in total. The van der Waals surface area contributed by atoms with Crippen LogP contribution in [0.2, 0.25) is 0 Å². The standard InChI is InChI=1S/C36H42N6O2/c1-4-44-28-19-13-24(14-20-28)34(43)21-25(31-23-38-32-11-7-5-9-29(31)32)22-37-26-15-17-27(18-16-26)39-36-40-33-12-8-6-10-30(33)35(41-36)42(2)3/h5-14,19-20,23,25-27,37-38H,4,15-18,21-22H2,1-3H3,(H,39,40,41). The molecule has 1 saturated carbocycles. The maximum absolute atomic E-state index is 13.5. The van der Waals surface area contributed by atoms with Gasteiger partial charge in [-0.1, -0.05) is 30.3 Å². The van der Waals surface area contributed by atoms with Crippen molar-refractivity contribution in [2.45, 2.75) is 57.0 Å². The van der Waals surface area contributed by atoms with Gasteiger partial charge in [-0.2, -0.15) is 4.98 Å². The molecule has 1 unspecified atom stereocenters. The monoisotopic (exact) mass is 590 g/mol. The molecule has 5 aromatic rings. The maximum Gasteiger partial charge on any atom is 0.225 e. The summed E-state index contributed by atoms with van der Waals surface area (Å²) < 4.78 is 5.57. The van der Waals surface area contributed by atoms with Gasteiger partial charge in [-0.15, -0.1) is 0 Å². The number of anilines is 2. The normalized spacial score (nSPS) is 17.4. The van der Waals surface area contributed by atoms with E-state index in [0.717, 1.165) is 65.8 Å². The Balaban J connectivity index is 1.10. The number of carbonyl (C=O) groups is 1. The number of carbonyl (C=O) groups excluding carboxylic acids is 1. The number of aromatic amines is 1. The first-order chi connectivity index (χ1) is 21.5. The molecular formula is C36H42N6O2. The molecule has 3 aromatic carbocycles. The zero-order valence-electron chi connectivity index (χ0n) is 25.8. The molecule has 2 aromatic heterocycles. The molecule has 6 rings (SSSR count). The van der Waals surface area contributed by atoms with Crippen LogP contribution in [0.4, 0.5) is 11.8 Å². The molecule has 0 saturated heterocycles. The van der Waals surface area contributed by atoms with E-state index in [0.29, 0.717) is 31.1 Å². The number of ketones is 1. The fraction of sp³-hybridized carbons (Fsp3) is 0.361. The van der Waals surface area contributed by atoms with Gasteiger partial charge < -0.3 is 25.3 Å². The summed E-state index contributed by atoms with van der Waals surface area (Å²) in [7, 11) is 4.04. The van der Waals surface area contributed by atoms with Crippen LogP contribution < -0.4 is 20.3 Å². The Morgan fingerprint density at radius 3 is 2.39 bits per heavy atom. The third-order valence-corrected chi connectivity index (χ3v) is 8.70. The second-order valence-electron chi connectivity index (χ2n) is 12.0. The Morgan fingerprint density at radius 2 is 1.64 bits per heavy atom. The lowest BCUT2D eigenvalue weighted by Crippen LogP contribution is -2.39. The number of Topliss-reactive ketones (excluding diaryl/α,β-unsaturated/α-hetero) is 1. The van der Waals surface area contributed by atoms with Crippen molar-refractivity contribution in [2.75, 3.05) is 37.5 Å². The SMILES string of the molecule is CCOc1ccc(C(=O)CC(CNC2CCC(Nc3nc(N(C)C)c4ccccc4n3)CC2)c2c[nH]c3ccccc23)cc1. The largest absolute Gasteiger partial charge is 0.494 e. The smallest absolute Gasteiger partial charge is 0.225 e. The van der Waals surface area contributed by atoms with Gasteiger partial charge in [0.05, 0.1) is 12.1 Å². The Labute approximate surface area is 259 Å². The first kappa shape index (κ1) is 29.6. The van der Waals surface area contributed by atoms with Crippen molar-refractivity contribution in [3.8, 4) is 5.75 Å². The van der Waals surface area contributed by atoms with E-state index in [-0.39, 0.29) is 11.7 Å². The molecule has 8 heteroatoms. The van der Waals surface area contributed by atoms with E-state index < -0.39 is 0 Å². The van der Waals surface area contributed by atoms with Crippen LogP contribution >= 0.6 is 0 Å². The number of nitrogens with one attached hydrogen (secondary N) is 3. The fourth-order valence-corrected chi connectivity index (χ4v) is 6.37. The molecule has 0 amide bonds. The van der Waals surface area contributed by atoms with E-state index in [9.17, 15) is 4.79 Å². The Bertz CT molecular complexity index is 1710. The predicted molar refractivity (Wildman–Crippen MR) is 179 cm³/mol. The first-order valence-electron chi connectivity index (χ1n) is 15.7. The molecule has 1 aliphatic rings. The predicted octanol–water partition coefficient (Wildman–Crippen LogP) is 6.95. The van der Waals surface area contributed by atoms with E-state index in [1.165, 1.54) is 10.9 Å². The zero-order chi connectivity index (χ0) is 30.5. The van der Waals surface area contributed by atoms with Crippen molar-refractivity contribution in [1.82, 2.24) is 20.3 Å². The zero-order valence-corrected chi connectivity index (χ0v) is 25.8. The summed E-state index contributed by atoms with van der Waals surface area (Å²) in [4.78, 5) is 28.6. The maximum atomic E-state index is 13.5. The van der Waals surface area contributed by atoms with E-state index in [1.54, 1.807) is 0 Å². The van der Waals surface area contributed by atoms with Crippen molar-refractivity contribution in [1.29, 1.82) is 0 Å². The summed E-state index contributed by atoms with van der Waals surface area (Å²) in [5.41, 5.74) is 3.96. The minimum atomic E-state index is 0.0523. The molecule has 0 bridgehead atoms. The lowest BCUT2D eigenvalue weighted by atomic mass is 9.88. The minimum absolute atomic E-state index is 0.0523. The average molecular weight is 591 g/mol. The number of ether oxygens (including phenoxy) is 1. The van der Waals surface area contributed by atoms with Gasteiger partial charge in [0.2, 0.25) is 5.95 Å². The second kappa shape index (κ2) is 13.5. The summed E-state index contributed by atoms with van der Waals surface area (Å²) in [6, 6.07) is 24.7. The molecule has 228 valence electrons. The van der Waals surface area contributed by atoms with Crippen molar-refractivity contribution in [3.05, 3.63) is 90.1 Å². The molecule has 0 spiro atoms. The van der Waals surface area contributed by atoms with Crippen molar-refractivity contribution in [3.63, 3.8) is 0 Å². The lowest BCUT2D eigenvalue weighted by Gasteiger charge is -2.31. The van der Waals surface area contributed by atoms with Gasteiger partial charge in [0.25, 0.3) is 0 Å². The third kappa shape index (κ3) is 6.70. The molecule has 2 heterocycles. The van der Waals surface area contributed by atoms with Gasteiger partial charge in [-0.05, 0) is 80.6 Å². The number of fused-ring (bicyclic) bond motifs is 2. The quantitative estimate of drug-likeness (QED) is 0.135. The van der Waals surface area contributed by atoms with Gasteiger partial charge in [-0.25, -0.2) is 4.98 Å². The third-order valence-electron chi connectivity index (χ3n) is 8.70. The van der Waals surface area contributed by atoms with Gasteiger partial charge in [-0.3, -0.25) is 4.79 Å². The molecule has 1 atom stereocenters. The van der Waals surface area contributed by atoms with Crippen LogP contribution in [0.3, 0.4) is 0 Å². The van der Waals surface area contributed by atoms with Crippen LogP contribution in [-0.4, -0.2) is 60.1 Å². The number of hydrogen-bond donors (Lipinski definition) is 3. The molecule has 0 aliphatic heterocycles. The van der Waals surface area contributed by atoms with Crippen LogP contribution in [0.25, 0.3) is 21.8 Å². The van der Waals surface area contributed by atoms with E-state index in [2.05, 4.69) is 46.1 Å². The van der Waals surface area contributed by atoms with Gasteiger partial charge in [0.15, 0.2) is 5.78 Å². The van der Waals surface area contributed by atoms with E-state index in [4.69, 9.17) is 14.7 Å². The highest BCUT2D eigenvalue weighted by Crippen LogP contribution is 2.31. The molecular weight excluding hydrogens is 548 g/mol. The first-order valence-corrected chi connectivity index (χ1v) is 15.7. The van der Waals surface area contributed by atoms with Crippen LogP contribution in [0.1, 0.15) is 60.9 Å². The van der Waals surface area contributed by atoms with Crippen LogP contribution in [-0.2, 0) is 0 Å². The molecule has 1 fully saturated rings. The van der Waals surface area contributed by atoms with Crippen molar-refractivity contribution in [2.24, 2.45) is 0 Å². The average Bonchev–Trinajstić information content (AvgIpc) is 3.48. The highest BCUT2D eigenvalue weighted by molar-refractivity contribution is 5.97. The number of H-pyrrole nitrogens is 1. The fourth-order valence-electron chi connectivity index (χ4n) is 6.37. The number of aromatic nitrogens is 3. The summed E-state index contributed by atoms with van der Waals surface area (Å²) in [5.74, 6) is 2.60. The molecule has 1 aliphatic carbocycles. The molecule has 44 heavy (non-hydrogen) atoms. The Morgan fingerprint density at radius 1 is 0.932 bits per heavy atom. The number of para-hydroxylation sites is 2. The van der Waals surface area contributed by atoms with E-state index in [1.807, 2.05) is 74.4 Å². The van der Waals surface area contributed by atoms with Crippen LogP contribution in [0.15, 0.2) is 79.0 Å². The number of rotatable bonds is 12. The topological polar surface area (TPSA) is 95.2 Å². The van der Waals surface area contributed by atoms with E-state index >= 15 is 0 Å². The van der Waals surface area contributed by atoms with Gasteiger partial charge >= 0.3 is 0 Å². The van der Waals surface area contributed by atoms with Crippen LogP contribution in [0, 0.1) is 0 Å². The Kier molecular flexibility index (Phi) is 9.07. The molecule has 8 nitrogen and oxygen atoms in total. The van der Waals surface area contributed by atoms with Crippen LogP contribution in [0.5, 0.6) is 5.75 Å². The highest BCUT2D eigenvalue weighted by atomic mass is 16.5. The number of hydrogen-bond acceptors (Lipinski definition) is 7. The summed E-state index contributed by atoms with van der Waals surface area (Å²) in [5, 5.41) is 9.69. The highest BCUT2D eigenvalue weighted by Gasteiger charge is 2.25. The minimum Gasteiger partial charge on any atom is -0.494 e. The lowest BCUT2D eigenvalue weighted by molar-refractivity contribution is 0.0972. The Hall–Kier alpha value is -4.43. The molecule has 0 radical (unpaired) electrons. The number of benzene rings is 3. The second-order valence-corrected chi connectivity index (χ2v) is 12.0. The van der Waals surface area contributed by atoms with Crippen molar-refractivity contribution >= 4 is 39.4 Å². The van der Waals surface area contributed by atoms with Gasteiger partial charge in [0, 0.05) is 73.1 Å². The van der Waals surface area contributed by atoms with Gasteiger partial charge in [0.1, 0.15) is 11.6 Å². The summed E-state index contributed by atoms with van der Waals surface area (Å²) >= 11 is 0. The number of nitrogens with zero attached hydrogens (tertiary/aromatic N) is 3. The summed E-state index contributed by atoms with van der Waals surface area (Å²) in [6.45, 7) is 3.31. The van der Waals surface area contributed by atoms with Crippen molar-refractivity contribution < 1.29 is 9.53 Å².